The maximum absolute atomic E-state index is 11.7. The number of benzene rings is 1. The second-order valence-corrected chi connectivity index (χ2v) is 5.07. The normalized spacial score (nSPS) is 14.2. The lowest BCUT2D eigenvalue weighted by Gasteiger charge is -2.18. The summed E-state index contributed by atoms with van der Waals surface area (Å²) < 4.78 is 38.0. The molecule has 0 radical (unpaired) electrons. The summed E-state index contributed by atoms with van der Waals surface area (Å²) in [6.45, 7) is 0.755. The highest BCUT2D eigenvalue weighted by Crippen LogP contribution is 2.32. The number of hydrogen-bond acceptors (Lipinski definition) is 6. The van der Waals surface area contributed by atoms with Crippen molar-refractivity contribution >= 4 is 15.1 Å². The number of hydrogen-bond donors (Lipinski definition) is 0. The van der Waals surface area contributed by atoms with Gasteiger partial charge in [-0.1, -0.05) is 0 Å². The molecule has 1 aromatic carbocycles. The molecular formula is C10H10O6S. The van der Waals surface area contributed by atoms with Crippen molar-refractivity contribution in [1.82, 2.24) is 0 Å². The molecule has 2 rings (SSSR count). The summed E-state index contributed by atoms with van der Waals surface area (Å²) in [5.41, 5.74) is 0. The van der Waals surface area contributed by atoms with Gasteiger partial charge in [0.1, 0.15) is 13.2 Å². The molecule has 1 aliphatic heterocycles. The van der Waals surface area contributed by atoms with Gasteiger partial charge in [0.2, 0.25) is 0 Å². The van der Waals surface area contributed by atoms with E-state index in [2.05, 4.69) is 4.74 Å². The Morgan fingerprint density at radius 2 is 1.88 bits per heavy atom. The summed E-state index contributed by atoms with van der Waals surface area (Å²) in [4.78, 5) is 10.9. The van der Waals surface area contributed by atoms with E-state index in [0.717, 1.165) is 7.11 Å². The molecule has 6 nitrogen and oxygen atoms in total. The molecule has 0 aliphatic carbocycles. The lowest BCUT2D eigenvalue weighted by molar-refractivity contribution is 0.171. The van der Waals surface area contributed by atoms with Crippen LogP contribution in [0.15, 0.2) is 23.1 Å². The largest absolute Gasteiger partial charge is 0.486 e. The van der Waals surface area contributed by atoms with E-state index in [-0.39, 0.29) is 4.90 Å². The third kappa shape index (κ3) is 2.05. The van der Waals surface area contributed by atoms with Crippen molar-refractivity contribution in [2.24, 2.45) is 0 Å². The SMILES string of the molecule is COC(=O)S(=O)(=O)c1ccc2c(c1)OCCO2. The van der Waals surface area contributed by atoms with Crippen molar-refractivity contribution in [2.45, 2.75) is 4.90 Å². The van der Waals surface area contributed by atoms with Gasteiger partial charge in [-0.25, -0.2) is 13.2 Å². The van der Waals surface area contributed by atoms with Gasteiger partial charge in [0.15, 0.2) is 11.5 Å². The summed E-state index contributed by atoms with van der Waals surface area (Å²) in [6, 6.07) is 3.98. The van der Waals surface area contributed by atoms with Gasteiger partial charge in [-0.15, -0.1) is 0 Å². The van der Waals surface area contributed by atoms with E-state index >= 15 is 0 Å². The standard InChI is InChI=1S/C10H10O6S/c1-14-10(11)17(12,13)7-2-3-8-9(6-7)16-5-4-15-8/h2-3,6H,4-5H2,1H3. The highest BCUT2D eigenvalue weighted by molar-refractivity contribution is 8.05. The van der Waals surface area contributed by atoms with Crippen LogP contribution in [0.4, 0.5) is 4.79 Å². The first-order chi connectivity index (χ1) is 8.05. The number of ether oxygens (including phenoxy) is 3. The first kappa shape index (κ1) is 11.7. The van der Waals surface area contributed by atoms with Gasteiger partial charge in [-0.05, 0) is 12.1 Å². The third-order valence-corrected chi connectivity index (χ3v) is 3.69. The summed E-state index contributed by atoms with van der Waals surface area (Å²) in [6.07, 6.45) is 0. The van der Waals surface area contributed by atoms with Crippen LogP contribution in [0.25, 0.3) is 0 Å². The van der Waals surface area contributed by atoms with E-state index < -0.39 is 15.1 Å². The zero-order chi connectivity index (χ0) is 12.5. The molecule has 0 N–H and O–H groups in total. The topological polar surface area (TPSA) is 78.9 Å². The quantitative estimate of drug-likeness (QED) is 0.699. The highest BCUT2D eigenvalue weighted by atomic mass is 32.2. The average molecular weight is 258 g/mol. The van der Waals surface area contributed by atoms with Crippen molar-refractivity contribution in [1.29, 1.82) is 0 Å². The Hall–Kier alpha value is -1.76. The summed E-state index contributed by atoms with van der Waals surface area (Å²) in [7, 11) is -3.11. The lowest BCUT2D eigenvalue weighted by atomic mass is 10.3. The minimum Gasteiger partial charge on any atom is -0.486 e. The second-order valence-electron chi connectivity index (χ2n) is 3.26. The Morgan fingerprint density at radius 1 is 1.24 bits per heavy atom. The van der Waals surface area contributed by atoms with Crippen LogP contribution in [0.1, 0.15) is 0 Å². The fourth-order valence-electron chi connectivity index (χ4n) is 1.40. The third-order valence-electron chi connectivity index (χ3n) is 2.21. The predicted octanol–water partition coefficient (Wildman–Crippen LogP) is 0.998. The highest BCUT2D eigenvalue weighted by Gasteiger charge is 2.27. The Kier molecular flexibility index (Phi) is 2.93. The molecule has 0 atom stereocenters. The molecule has 0 bridgehead atoms. The molecule has 0 saturated carbocycles. The number of rotatable bonds is 1. The molecule has 0 aromatic heterocycles. The van der Waals surface area contributed by atoms with Gasteiger partial charge in [0.25, 0.3) is 9.84 Å². The number of carbonyl (C=O) groups is 1. The monoisotopic (exact) mass is 258 g/mol. The molecule has 1 aromatic rings. The van der Waals surface area contributed by atoms with Crippen molar-refractivity contribution in [3.05, 3.63) is 18.2 Å². The molecule has 0 unspecified atom stereocenters. The average Bonchev–Trinajstić information content (AvgIpc) is 2.37. The van der Waals surface area contributed by atoms with E-state index in [1.165, 1.54) is 18.2 Å². The Labute approximate surface area is 98.0 Å². The van der Waals surface area contributed by atoms with E-state index in [4.69, 9.17) is 9.47 Å². The van der Waals surface area contributed by atoms with E-state index in [9.17, 15) is 13.2 Å². The molecule has 17 heavy (non-hydrogen) atoms. The molecule has 7 heteroatoms. The minimum atomic E-state index is -4.12. The van der Waals surface area contributed by atoms with E-state index in [1.807, 2.05) is 0 Å². The number of methoxy groups -OCH3 is 1. The maximum atomic E-state index is 11.7. The Balaban J connectivity index is 2.44. The summed E-state index contributed by atoms with van der Waals surface area (Å²) >= 11 is 0. The number of carbonyl (C=O) groups excluding carboxylic acids is 1. The smallest absolute Gasteiger partial charge is 0.429 e. The fourth-order valence-corrected chi connectivity index (χ4v) is 2.32. The second kappa shape index (κ2) is 4.25. The minimum absolute atomic E-state index is 0.173. The van der Waals surface area contributed by atoms with Crippen LogP contribution < -0.4 is 9.47 Å². The van der Waals surface area contributed by atoms with Crippen molar-refractivity contribution in [3.63, 3.8) is 0 Å². The van der Waals surface area contributed by atoms with Crippen LogP contribution in [0, 0.1) is 0 Å². The molecule has 92 valence electrons. The first-order valence-corrected chi connectivity index (χ1v) is 6.26. The fraction of sp³-hybridized carbons (Fsp3) is 0.300. The van der Waals surface area contributed by atoms with Gasteiger partial charge < -0.3 is 14.2 Å². The van der Waals surface area contributed by atoms with E-state index in [0.29, 0.717) is 24.7 Å². The van der Waals surface area contributed by atoms with Crippen molar-refractivity contribution < 1.29 is 27.4 Å². The van der Waals surface area contributed by atoms with Gasteiger partial charge in [-0.3, -0.25) is 0 Å². The zero-order valence-electron chi connectivity index (χ0n) is 9.00. The molecule has 0 saturated heterocycles. The van der Waals surface area contributed by atoms with Crippen LogP contribution >= 0.6 is 0 Å². The molecule has 1 aliphatic rings. The zero-order valence-corrected chi connectivity index (χ0v) is 9.82. The predicted molar refractivity (Wildman–Crippen MR) is 57.0 cm³/mol. The Bertz CT molecular complexity index is 548. The van der Waals surface area contributed by atoms with Gasteiger partial charge in [0.05, 0.1) is 12.0 Å². The summed E-state index contributed by atoms with van der Waals surface area (Å²) in [5.74, 6) is 0.765. The molecule has 0 amide bonds. The van der Waals surface area contributed by atoms with Crippen LogP contribution in [0.2, 0.25) is 0 Å². The van der Waals surface area contributed by atoms with Gasteiger partial charge in [-0.2, -0.15) is 0 Å². The molecule has 0 fully saturated rings. The lowest BCUT2D eigenvalue weighted by Crippen LogP contribution is -2.18. The Morgan fingerprint density at radius 3 is 2.53 bits per heavy atom. The maximum Gasteiger partial charge on any atom is 0.429 e. The van der Waals surface area contributed by atoms with Crippen LogP contribution in [-0.2, 0) is 14.6 Å². The van der Waals surface area contributed by atoms with Crippen molar-refractivity contribution in [3.8, 4) is 11.5 Å². The van der Waals surface area contributed by atoms with Crippen LogP contribution in [0.5, 0.6) is 11.5 Å². The first-order valence-electron chi connectivity index (χ1n) is 4.78. The van der Waals surface area contributed by atoms with Crippen LogP contribution in [-0.4, -0.2) is 34.0 Å². The van der Waals surface area contributed by atoms with Gasteiger partial charge in [0, 0.05) is 6.07 Å². The number of sulfone groups is 1. The van der Waals surface area contributed by atoms with Crippen LogP contribution in [0.3, 0.4) is 0 Å². The van der Waals surface area contributed by atoms with Crippen molar-refractivity contribution in [2.75, 3.05) is 20.3 Å². The van der Waals surface area contributed by atoms with E-state index in [1.54, 1.807) is 0 Å². The molecular weight excluding hydrogens is 248 g/mol. The molecule has 0 spiro atoms. The van der Waals surface area contributed by atoms with Gasteiger partial charge >= 0.3 is 5.30 Å². The molecule has 1 heterocycles. The summed E-state index contributed by atoms with van der Waals surface area (Å²) in [5, 5.41) is -1.30. The number of fused-ring (bicyclic) bond motifs is 1.